The van der Waals surface area contributed by atoms with Crippen LogP contribution in [0, 0.1) is 12.8 Å². The minimum Gasteiger partial charge on any atom is -0.462 e. The summed E-state index contributed by atoms with van der Waals surface area (Å²) in [5.74, 6) is 0.0498. The number of carbonyl (C=O) groups is 1. The van der Waals surface area contributed by atoms with Crippen molar-refractivity contribution in [3.05, 3.63) is 88.6 Å². The third-order valence-corrected chi connectivity index (χ3v) is 4.86. The van der Waals surface area contributed by atoms with Gasteiger partial charge >= 0.3 is 5.97 Å². The largest absolute Gasteiger partial charge is 0.462 e. The molecule has 0 amide bonds. The van der Waals surface area contributed by atoms with Crippen molar-refractivity contribution < 1.29 is 9.53 Å². The third-order valence-electron chi connectivity index (χ3n) is 4.86. The van der Waals surface area contributed by atoms with E-state index in [1.165, 1.54) is 11.1 Å². The molecule has 3 heteroatoms. The quantitative estimate of drug-likeness (QED) is 0.630. The summed E-state index contributed by atoms with van der Waals surface area (Å²) in [6.45, 7) is 8.70. The van der Waals surface area contributed by atoms with E-state index in [0.29, 0.717) is 18.1 Å². The molecule has 0 radical (unpaired) electrons. The number of allylic oxidation sites excluding steroid dienone is 2. The molecule has 0 unspecified atom stereocenters. The van der Waals surface area contributed by atoms with Gasteiger partial charge in [-0.1, -0.05) is 67.4 Å². The minimum absolute atomic E-state index is 0.0150. The molecule has 0 spiro atoms. The number of rotatable bonds is 6. The second-order valence-electron chi connectivity index (χ2n) is 7.97. The predicted molar refractivity (Wildman–Crippen MR) is 115 cm³/mol. The smallest absolute Gasteiger partial charge is 0.336 e. The maximum absolute atomic E-state index is 13.1. The maximum Gasteiger partial charge on any atom is 0.336 e. The first-order chi connectivity index (χ1) is 13.4. The summed E-state index contributed by atoms with van der Waals surface area (Å²) < 4.78 is 5.65. The normalized spacial score (nSPS) is 16.8. The van der Waals surface area contributed by atoms with Crippen molar-refractivity contribution >= 4 is 11.7 Å². The Morgan fingerprint density at radius 2 is 1.75 bits per heavy atom. The van der Waals surface area contributed by atoms with Crippen molar-refractivity contribution in [2.75, 3.05) is 11.9 Å². The van der Waals surface area contributed by atoms with Gasteiger partial charge in [0, 0.05) is 17.3 Å². The molecule has 0 saturated carbocycles. The SMILES string of the molecule is CC1=CC(Nc2ccc(C)cc2)=C(C(=O)OCC(C)C)[C@@H](c2ccccc2)C1. The zero-order valence-electron chi connectivity index (χ0n) is 17.2. The standard InChI is InChI=1S/C25H29NO2/c1-17(2)16-28-25(27)24-22(20-8-6-5-7-9-20)14-19(4)15-23(24)26-21-12-10-18(3)11-13-21/h5-13,15,17,22,26H,14,16H2,1-4H3/t22-/m1/s1. The highest BCUT2D eigenvalue weighted by Crippen LogP contribution is 2.38. The van der Waals surface area contributed by atoms with E-state index in [4.69, 9.17) is 4.74 Å². The first-order valence-electron chi connectivity index (χ1n) is 9.91. The molecule has 1 N–H and O–H groups in total. The van der Waals surface area contributed by atoms with Gasteiger partial charge in [0.2, 0.25) is 0 Å². The molecular weight excluding hydrogens is 346 g/mol. The van der Waals surface area contributed by atoms with E-state index in [1.807, 2.05) is 44.2 Å². The van der Waals surface area contributed by atoms with Gasteiger partial charge in [0.1, 0.15) is 0 Å². The van der Waals surface area contributed by atoms with Crippen LogP contribution in [0.1, 0.15) is 44.2 Å². The Balaban J connectivity index is 2.02. The Kier molecular flexibility index (Phi) is 6.35. The van der Waals surface area contributed by atoms with Crippen LogP contribution in [0.25, 0.3) is 0 Å². The minimum atomic E-state index is -0.235. The van der Waals surface area contributed by atoms with Gasteiger partial charge in [0.15, 0.2) is 0 Å². The Bertz CT molecular complexity index is 877. The number of nitrogens with one attached hydrogen (secondary N) is 1. The molecule has 0 bridgehead atoms. The average Bonchev–Trinajstić information content (AvgIpc) is 2.68. The summed E-state index contributed by atoms with van der Waals surface area (Å²) >= 11 is 0. The lowest BCUT2D eigenvalue weighted by molar-refractivity contribution is -0.140. The van der Waals surface area contributed by atoms with Crippen molar-refractivity contribution in [3.63, 3.8) is 0 Å². The van der Waals surface area contributed by atoms with Gasteiger partial charge in [0.25, 0.3) is 0 Å². The maximum atomic E-state index is 13.1. The molecule has 146 valence electrons. The van der Waals surface area contributed by atoms with Crippen molar-refractivity contribution in [1.29, 1.82) is 0 Å². The van der Waals surface area contributed by atoms with Crippen molar-refractivity contribution in [1.82, 2.24) is 0 Å². The number of anilines is 1. The molecule has 2 aromatic carbocycles. The highest BCUT2D eigenvalue weighted by atomic mass is 16.5. The Morgan fingerprint density at radius 3 is 2.39 bits per heavy atom. The zero-order valence-corrected chi connectivity index (χ0v) is 17.2. The third kappa shape index (κ3) is 4.92. The second kappa shape index (κ2) is 8.92. The summed E-state index contributed by atoms with van der Waals surface area (Å²) in [7, 11) is 0. The summed E-state index contributed by atoms with van der Waals surface area (Å²) in [6, 6.07) is 18.4. The molecule has 2 aromatic rings. The summed E-state index contributed by atoms with van der Waals surface area (Å²) in [6.07, 6.45) is 2.89. The molecule has 3 rings (SSSR count). The number of hydrogen-bond acceptors (Lipinski definition) is 3. The van der Waals surface area contributed by atoms with Crippen LogP contribution in [-0.2, 0) is 9.53 Å². The number of benzene rings is 2. The number of esters is 1. The van der Waals surface area contributed by atoms with Crippen LogP contribution >= 0.6 is 0 Å². The van der Waals surface area contributed by atoms with Crippen LogP contribution in [0.5, 0.6) is 0 Å². The highest BCUT2D eigenvalue weighted by Gasteiger charge is 2.30. The molecule has 0 saturated heterocycles. The fourth-order valence-electron chi connectivity index (χ4n) is 3.43. The van der Waals surface area contributed by atoms with Gasteiger partial charge < -0.3 is 10.1 Å². The molecule has 1 aliphatic carbocycles. The van der Waals surface area contributed by atoms with E-state index in [-0.39, 0.29) is 11.9 Å². The molecule has 0 heterocycles. The van der Waals surface area contributed by atoms with E-state index in [0.717, 1.165) is 23.4 Å². The van der Waals surface area contributed by atoms with Crippen molar-refractivity contribution in [2.24, 2.45) is 5.92 Å². The Morgan fingerprint density at radius 1 is 1.07 bits per heavy atom. The van der Waals surface area contributed by atoms with Gasteiger partial charge in [0.05, 0.1) is 12.2 Å². The van der Waals surface area contributed by atoms with E-state index in [2.05, 4.69) is 49.5 Å². The van der Waals surface area contributed by atoms with Crippen LogP contribution < -0.4 is 5.32 Å². The average molecular weight is 376 g/mol. The summed E-state index contributed by atoms with van der Waals surface area (Å²) in [4.78, 5) is 13.1. The summed E-state index contributed by atoms with van der Waals surface area (Å²) in [5.41, 5.74) is 6.08. The molecule has 0 aliphatic heterocycles. The zero-order chi connectivity index (χ0) is 20.1. The Hall–Kier alpha value is -2.81. The lowest BCUT2D eigenvalue weighted by atomic mass is 9.81. The molecule has 0 aromatic heterocycles. The summed E-state index contributed by atoms with van der Waals surface area (Å²) in [5, 5.41) is 3.46. The van der Waals surface area contributed by atoms with Crippen LogP contribution in [0.3, 0.4) is 0 Å². The fourth-order valence-corrected chi connectivity index (χ4v) is 3.43. The van der Waals surface area contributed by atoms with Crippen LogP contribution in [0.4, 0.5) is 5.69 Å². The van der Waals surface area contributed by atoms with Gasteiger partial charge in [-0.3, -0.25) is 0 Å². The number of carbonyl (C=O) groups excluding carboxylic acids is 1. The first kappa shape index (κ1) is 19.9. The van der Waals surface area contributed by atoms with Gasteiger partial charge in [-0.05, 0) is 50.0 Å². The number of hydrogen-bond donors (Lipinski definition) is 1. The van der Waals surface area contributed by atoms with Crippen LogP contribution in [0.15, 0.2) is 77.5 Å². The van der Waals surface area contributed by atoms with E-state index in [9.17, 15) is 4.79 Å². The molecule has 28 heavy (non-hydrogen) atoms. The van der Waals surface area contributed by atoms with Crippen molar-refractivity contribution in [2.45, 2.75) is 40.0 Å². The topological polar surface area (TPSA) is 38.3 Å². The number of ether oxygens (including phenoxy) is 1. The molecule has 3 nitrogen and oxygen atoms in total. The Labute approximate surface area is 168 Å². The monoisotopic (exact) mass is 375 g/mol. The van der Waals surface area contributed by atoms with Gasteiger partial charge in [-0.15, -0.1) is 0 Å². The highest BCUT2D eigenvalue weighted by molar-refractivity contribution is 5.93. The lowest BCUT2D eigenvalue weighted by Crippen LogP contribution is -2.23. The van der Waals surface area contributed by atoms with Gasteiger partial charge in [-0.25, -0.2) is 4.79 Å². The fraction of sp³-hybridized carbons (Fsp3) is 0.320. The lowest BCUT2D eigenvalue weighted by Gasteiger charge is -2.28. The molecule has 1 aliphatic rings. The van der Waals surface area contributed by atoms with Crippen LogP contribution in [-0.4, -0.2) is 12.6 Å². The first-order valence-corrected chi connectivity index (χ1v) is 9.91. The molecule has 0 fully saturated rings. The number of aryl methyl sites for hydroxylation is 1. The van der Waals surface area contributed by atoms with E-state index in [1.54, 1.807) is 0 Å². The molecular formula is C25H29NO2. The van der Waals surface area contributed by atoms with E-state index < -0.39 is 0 Å². The van der Waals surface area contributed by atoms with E-state index >= 15 is 0 Å². The molecule has 1 atom stereocenters. The van der Waals surface area contributed by atoms with Gasteiger partial charge in [-0.2, -0.15) is 0 Å². The van der Waals surface area contributed by atoms with Crippen molar-refractivity contribution in [3.8, 4) is 0 Å². The second-order valence-corrected chi connectivity index (χ2v) is 7.97. The van der Waals surface area contributed by atoms with Crippen LogP contribution in [0.2, 0.25) is 0 Å². The predicted octanol–water partition coefficient (Wildman–Crippen LogP) is 5.99.